The van der Waals surface area contributed by atoms with Crippen LogP contribution in [0.3, 0.4) is 0 Å². The third-order valence-electron chi connectivity index (χ3n) is 3.16. The highest BCUT2D eigenvalue weighted by molar-refractivity contribution is 6.44. The molecule has 1 aromatic carbocycles. The zero-order valence-corrected chi connectivity index (χ0v) is 13.2. The van der Waals surface area contributed by atoms with Gasteiger partial charge in [-0.2, -0.15) is 0 Å². The summed E-state index contributed by atoms with van der Waals surface area (Å²) in [5.74, 6) is 0.897. The van der Waals surface area contributed by atoms with Crippen LogP contribution in [0, 0.1) is 5.41 Å². The highest BCUT2D eigenvalue weighted by atomic mass is 35.5. The minimum Gasteiger partial charge on any atom is -0.458 e. The van der Waals surface area contributed by atoms with Crippen LogP contribution in [0.15, 0.2) is 22.6 Å². The molecule has 4 heteroatoms. The summed E-state index contributed by atoms with van der Waals surface area (Å²) < 4.78 is 5.94. The quantitative estimate of drug-likeness (QED) is 0.817. The van der Waals surface area contributed by atoms with E-state index < -0.39 is 0 Å². The Hall–Kier alpha value is -0.700. The Labute approximate surface area is 124 Å². The molecule has 0 saturated heterocycles. The molecular weight excluding hydrogens is 281 g/mol. The second-order valence-corrected chi connectivity index (χ2v) is 6.57. The van der Waals surface area contributed by atoms with E-state index in [4.69, 9.17) is 27.6 Å². The van der Waals surface area contributed by atoms with E-state index in [1.807, 2.05) is 12.1 Å². The number of furan rings is 1. The molecule has 1 unspecified atom stereocenters. The molecular formula is C15H19Cl2NO. The third kappa shape index (κ3) is 2.91. The molecule has 1 atom stereocenters. The zero-order valence-electron chi connectivity index (χ0n) is 11.7. The molecule has 1 heterocycles. The Balaban J connectivity index is 2.53. The summed E-state index contributed by atoms with van der Waals surface area (Å²) in [5, 5.41) is 5.45. The van der Waals surface area contributed by atoms with Crippen molar-refractivity contribution in [2.45, 2.75) is 33.7 Å². The van der Waals surface area contributed by atoms with Gasteiger partial charge in [-0.1, -0.05) is 50.9 Å². The Morgan fingerprint density at radius 1 is 1.26 bits per heavy atom. The number of hydrogen-bond acceptors (Lipinski definition) is 2. The van der Waals surface area contributed by atoms with Crippen molar-refractivity contribution in [3.63, 3.8) is 0 Å². The normalized spacial score (nSPS) is 14.0. The van der Waals surface area contributed by atoms with Gasteiger partial charge in [-0.25, -0.2) is 0 Å². The van der Waals surface area contributed by atoms with Crippen molar-refractivity contribution in [2.75, 3.05) is 6.54 Å². The molecule has 0 spiro atoms. The van der Waals surface area contributed by atoms with Crippen LogP contribution in [-0.2, 0) is 0 Å². The van der Waals surface area contributed by atoms with Gasteiger partial charge in [0.1, 0.15) is 10.8 Å². The lowest BCUT2D eigenvalue weighted by atomic mass is 9.85. The number of benzene rings is 1. The lowest BCUT2D eigenvalue weighted by Crippen LogP contribution is -2.31. The Kier molecular flexibility index (Phi) is 4.14. The van der Waals surface area contributed by atoms with Gasteiger partial charge in [-0.05, 0) is 30.2 Å². The van der Waals surface area contributed by atoms with Crippen LogP contribution < -0.4 is 5.32 Å². The van der Waals surface area contributed by atoms with E-state index in [0.29, 0.717) is 15.6 Å². The molecule has 0 saturated carbocycles. The summed E-state index contributed by atoms with van der Waals surface area (Å²) in [6.45, 7) is 9.52. The van der Waals surface area contributed by atoms with E-state index in [1.165, 1.54) is 0 Å². The summed E-state index contributed by atoms with van der Waals surface area (Å²) in [6.07, 6.45) is 0. The van der Waals surface area contributed by atoms with Crippen LogP contribution in [0.4, 0.5) is 0 Å². The van der Waals surface area contributed by atoms with Gasteiger partial charge >= 0.3 is 0 Å². The summed E-state index contributed by atoms with van der Waals surface area (Å²) >= 11 is 12.2. The molecule has 104 valence electrons. The second kappa shape index (κ2) is 5.35. The summed E-state index contributed by atoms with van der Waals surface area (Å²) in [6, 6.07) is 5.91. The topological polar surface area (TPSA) is 25.2 Å². The molecule has 0 aliphatic heterocycles. The fourth-order valence-electron chi connectivity index (χ4n) is 2.24. The highest BCUT2D eigenvalue weighted by Crippen LogP contribution is 2.39. The fraction of sp³-hybridized carbons (Fsp3) is 0.467. The minimum atomic E-state index is 0.0557. The molecule has 0 amide bonds. The van der Waals surface area contributed by atoms with E-state index in [0.717, 1.165) is 17.7 Å². The smallest absolute Gasteiger partial charge is 0.154 e. The van der Waals surface area contributed by atoms with E-state index in [-0.39, 0.29) is 11.5 Å². The predicted octanol–water partition coefficient (Wildman–Crippen LogP) is 5.44. The van der Waals surface area contributed by atoms with Crippen molar-refractivity contribution in [1.29, 1.82) is 0 Å². The maximum Gasteiger partial charge on any atom is 0.154 e. The lowest BCUT2D eigenvalue weighted by Gasteiger charge is -2.29. The molecule has 1 N–H and O–H groups in total. The molecule has 2 rings (SSSR count). The van der Waals surface area contributed by atoms with Crippen LogP contribution in [0.2, 0.25) is 10.0 Å². The average molecular weight is 300 g/mol. The summed E-state index contributed by atoms with van der Waals surface area (Å²) in [5.41, 5.74) is 0.719. The number of nitrogens with one attached hydrogen (secondary N) is 1. The monoisotopic (exact) mass is 299 g/mol. The van der Waals surface area contributed by atoms with Crippen molar-refractivity contribution in [2.24, 2.45) is 5.41 Å². The largest absolute Gasteiger partial charge is 0.458 e. The minimum absolute atomic E-state index is 0.0557. The van der Waals surface area contributed by atoms with Gasteiger partial charge in [0.05, 0.1) is 11.1 Å². The van der Waals surface area contributed by atoms with E-state index in [2.05, 4.69) is 33.0 Å². The molecule has 0 bridgehead atoms. The number of hydrogen-bond donors (Lipinski definition) is 1. The number of rotatable bonds is 3. The summed E-state index contributed by atoms with van der Waals surface area (Å²) in [7, 11) is 0. The van der Waals surface area contributed by atoms with E-state index >= 15 is 0 Å². The molecule has 1 aromatic heterocycles. The van der Waals surface area contributed by atoms with E-state index in [9.17, 15) is 0 Å². The molecule has 0 radical (unpaired) electrons. The Morgan fingerprint density at radius 2 is 1.95 bits per heavy atom. The van der Waals surface area contributed by atoms with Crippen molar-refractivity contribution in [3.8, 4) is 0 Å². The lowest BCUT2D eigenvalue weighted by molar-refractivity contribution is 0.244. The maximum atomic E-state index is 6.19. The first kappa shape index (κ1) is 14.7. The van der Waals surface area contributed by atoms with Gasteiger partial charge in [0.25, 0.3) is 0 Å². The van der Waals surface area contributed by atoms with Crippen molar-refractivity contribution in [3.05, 3.63) is 34.0 Å². The Bertz CT molecular complexity index is 584. The first-order valence-electron chi connectivity index (χ1n) is 6.45. The molecule has 0 fully saturated rings. The van der Waals surface area contributed by atoms with E-state index in [1.54, 1.807) is 6.07 Å². The molecule has 0 aliphatic rings. The standard InChI is InChI=1S/C15H19Cl2NO/c1-5-18-14(15(2,3)4)11-8-9-6-7-10(16)12(17)13(9)19-11/h6-8,14,18H,5H2,1-4H3. The summed E-state index contributed by atoms with van der Waals surface area (Å²) in [4.78, 5) is 0. The fourth-order valence-corrected chi connectivity index (χ4v) is 2.60. The van der Waals surface area contributed by atoms with Crippen LogP contribution in [0.5, 0.6) is 0 Å². The predicted molar refractivity (Wildman–Crippen MR) is 82.1 cm³/mol. The van der Waals surface area contributed by atoms with Crippen LogP contribution in [-0.4, -0.2) is 6.54 Å². The molecule has 2 aromatic rings. The average Bonchev–Trinajstić information content (AvgIpc) is 2.73. The van der Waals surface area contributed by atoms with Gasteiger partial charge in [-0.15, -0.1) is 0 Å². The van der Waals surface area contributed by atoms with Gasteiger partial charge in [0, 0.05) is 5.39 Å². The molecule has 0 aliphatic carbocycles. The van der Waals surface area contributed by atoms with Crippen molar-refractivity contribution in [1.82, 2.24) is 5.32 Å². The highest BCUT2D eigenvalue weighted by Gasteiger charge is 2.28. The van der Waals surface area contributed by atoms with Crippen LogP contribution >= 0.6 is 23.2 Å². The number of fused-ring (bicyclic) bond motifs is 1. The third-order valence-corrected chi connectivity index (χ3v) is 3.94. The molecule has 19 heavy (non-hydrogen) atoms. The number of halogens is 2. The first-order chi connectivity index (χ1) is 8.84. The van der Waals surface area contributed by atoms with Gasteiger partial charge in [0.15, 0.2) is 5.58 Å². The van der Waals surface area contributed by atoms with Gasteiger partial charge < -0.3 is 9.73 Å². The second-order valence-electron chi connectivity index (χ2n) is 5.79. The SMILES string of the molecule is CCNC(c1cc2ccc(Cl)c(Cl)c2o1)C(C)(C)C. The van der Waals surface area contributed by atoms with Crippen molar-refractivity contribution < 1.29 is 4.42 Å². The molecule has 2 nitrogen and oxygen atoms in total. The maximum absolute atomic E-state index is 6.19. The van der Waals surface area contributed by atoms with Gasteiger partial charge in [-0.3, -0.25) is 0 Å². The van der Waals surface area contributed by atoms with Crippen molar-refractivity contribution >= 4 is 34.2 Å². The van der Waals surface area contributed by atoms with Gasteiger partial charge in [0.2, 0.25) is 0 Å². The Morgan fingerprint density at radius 3 is 2.53 bits per heavy atom. The van der Waals surface area contributed by atoms with Crippen LogP contribution in [0.25, 0.3) is 11.0 Å². The first-order valence-corrected chi connectivity index (χ1v) is 7.21. The van der Waals surface area contributed by atoms with Crippen LogP contribution in [0.1, 0.15) is 39.5 Å². The zero-order chi connectivity index (χ0) is 14.2.